The van der Waals surface area contributed by atoms with Crippen LogP contribution in [0.2, 0.25) is 0 Å². The van der Waals surface area contributed by atoms with Gasteiger partial charge in [-0.1, -0.05) is 19.8 Å². The normalized spacial score (nSPS) is 18.9. The Balaban J connectivity index is 2.17. The predicted molar refractivity (Wildman–Crippen MR) is 73.7 cm³/mol. The number of nitrogens with one attached hydrogen (secondary N) is 1. The molecule has 0 heterocycles. The fraction of sp³-hybridized carbons (Fsp3) is 0.923. The fourth-order valence-electron chi connectivity index (χ4n) is 1.75. The molecular formula is C13H25NO2S. The Hall–Kier alpha value is -0.220. The number of unbranched alkanes of at least 4 members (excludes halogenated alkanes) is 2. The van der Waals surface area contributed by atoms with Gasteiger partial charge in [-0.15, -0.1) is 0 Å². The maximum absolute atomic E-state index is 11.3. The summed E-state index contributed by atoms with van der Waals surface area (Å²) in [6.45, 7) is 4.02. The van der Waals surface area contributed by atoms with Gasteiger partial charge in [0.05, 0.1) is 0 Å². The van der Waals surface area contributed by atoms with Gasteiger partial charge in [-0.3, -0.25) is 10.1 Å². The van der Waals surface area contributed by atoms with Gasteiger partial charge in [-0.05, 0) is 44.1 Å². The molecule has 1 aliphatic rings. The van der Waals surface area contributed by atoms with Crippen LogP contribution in [0.15, 0.2) is 0 Å². The number of hydrogen-bond acceptors (Lipinski definition) is 3. The molecule has 1 fully saturated rings. The lowest BCUT2D eigenvalue weighted by atomic mass is 9.99. The van der Waals surface area contributed by atoms with Crippen molar-refractivity contribution in [2.24, 2.45) is 0 Å². The van der Waals surface area contributed by atoms with Crippen LogP contribution in [0.4, 0.5) is 0 Å². The molecule has 0 aromatic rings. The number of thioether (sulfide) groups is 1. The summed E-state index contributed by atoms with van der Waals surface area (Å²) in [5.74, 6) is 1.39. The van der Waals surface area contributed by atoms with E-state index >= 15 is 0 Å². The number of carbonyl (C=O) groups is 1. The minimum atomic E-state index is -0.723. The van der Waals surface area contributed by atoms with Crippen molar-refractivity contribution in [2.75, 3.05) is 11.5 Å². The zero-order valence-electron chi connectivity index (χ0n) is 11.0. The summed E-state index contributed by atoms with van der Waals surface area (Å²) in [6, 6.07) is 0.446. The quantitative estimate of drug-likeness (QED) is 0.592. The Labute approximate surface area is 109 Å². The van der Waals surface area contributed by atoms with Gasteiger partial charge in [-0.25, -0.2) is 0 Å². The first-order chi connectivity index (χ1) is 8.08. The molecule has 100 valence electrons. The van der Waals surface area contributed by atoms with Gasteiger partial charge in [0.15, 0.2) is 0 Å². The van der Waals surface area contributed by atoms with E-state index in [9.17, 15) is 9.90 Å². The largest absolute Gasteiger partial charge is 0.480 e. The lowest BCUT2D eigenvalue weighted by Gasteiger charge is -2.26. The van der Waals surface area contributed by atoms with Crippen molar-refractivity contribution in [1.29, 1.82) is 0 Å². The van der Waals surface area contributed by atoms with E-state index in [0.29, 0.717) is 6.04 Å². The smallest absolute Gasteiger partial charge is 0.323 e. The van der Waals surface area contributed by atoms with Crippen molar-refractivity contribution in [3.05, 3.63) is 0 Å². The molecule has 0 saturated heterocycles. The first-order valence-electron chi connectivity index (χ1n) is 6.67. The Morgan fingerprint density at radius 2 is 2.12 bits per heavy atom. The highest BCUT2D eigenvalue weighted by atomic mass is 32.2. The van der Waals surface area contributed by atoms with E-state index < -0.39 is 11.5 Å². The van der Waals surface area contributed by atoms with Gasteiger partial charge >= 0.3 is 5.97 Å². The number of carboxylic acids is 1. The van der Waals surface area contributed by atoms with Crippen molar-refractivity contribution in [3.8, 4) is 0 Å². The molecule has 0 bridgehead atoms. The van der Waals surface area contributed by atoms with E-state index in [0.717, 1.165) is 30.8 Å². The minimum Gasteiger partial charge on any atom is -0.480 e. The lowest BCUT2D eigenvalue weighted by molar-refractivity contribution is -0.144. The molecule has 1 atom stereocenters. The third kappa shape index (κ3) is 5.77. The van der Waals surface area contributed by atoms with Crippen molar-refractivity contribution in [1.82, 2.24) is 5.32 Å². The van der Waals surface area contributed by atoms with Gasteiger partial charge in [0, 0.05) is 6.04 Å². The zero-order valence-corrected chi connectivity index (χ0v) is 11.8. The molecule has 4 heteroatoms. The van der Waals surface area contributed by atoms with Gasteiger partial charge < -0.3 is 5.11 Å². The molecule has 1 rings (SSSR count). The van der Waals surface area contributed by atoms with Crippen LogP contribution in [0, 0.1) is 0 Å². The summed E-state index contributed by atoms with van der Waals surface area (Å²) in [5.41, 5.74) is -0.723. The maximum Gasteiger partial charge on any atom is 0.323 e. The fourth-order valence-corrected chi connectivity index (χ4v) is 2.92. The standard InChI is InChI=1S/C13H25NO2S/c1-3-4-5-9-17-10-8-13(2,12(15)16)14-11-6-7-11/h11,14H,3-10H2,1-2H3,(H,15,16). The molecule has 17 heavy (non-hydrogen) atoms. The summed E-state index contributed by atoms with van der Waals surface area (Å²) < 4.78 is 0. The highest BCUT2D eigenvalue weighted by Crippen LogP contribution is 2.25. The van der Waals surface area contributed by atoms with Gasteiger partial charge in [-0.2, -0.15) is 11.8 Å². The second-order valence-electron chi connectivity index (χ2n) is 5.13. The number of rotatable bonds is 10. The third-order valence-corrected chi connectivity index (χ3v) is 4.28. The van der Waals surface area contributed by atoms with Crippen LogP contribution >= 0.6 is 11.8 Å². The number of aliphatic carboxylic acids is 1. The van der Waals surface area contributed by atoms with E-state index in [1.807, 2.05) is 18.7 Å². The van der Waals surface area contributed by atoms with Gasteiger partial charge in [0.2, 0.25) is 0 Å². The van der Waals surface area contributed by atoms with Crippen LogP contribution in [-0.4, -0.2) is 34.2 Å². The molecule has 0 aromatic heterocycles. The van der Waals surface area contributed by atoms with Crippen LogP contribution in [0.5, 0.6) is 0 Å². The summed E-state index contributed by atoms with van der Waals surface area (Å²) in [7, 11) is 0. The molecule has 2 N–H and O–H groups in total. The van der Waals surface area contributed by atoms with Gasteiger partial charge in [0.1, 0.15) is 5.54 Å². The van der Waals surface area contributed by atoms with E-state index in [-0.39, 0.29) is 0 Å². The summed E-state index contributed by atoms with van der Waals surface area (Å²) in [5, 5.41) is 12.5. The Morgan fingerprint density at radius 1 is 1.41 bits per heavy atom. The highest BCUT2D eigenvalue weighted by Gasteiger charge is 2.37. The molecule has 1 aliphatic carbocycles. The Kier molecular flexibility index (Phi) is 6.34. The monoisotopic (exact) mass is 259 g/mol. The molecule has 0 amide bonds. The number of carboxylic acid groups (broad SMARTS) is 1. The average molecular weight is 259 g/mol. The average Bonchev–Trinajstić information content (AvgIpc) is 3.07. The van der Waals surface area contributed by atoms with Crippen LogP contribution < -0.4 is 5.32 Å². The topological polar surface area (TPSA) is 49.3 Å². The molecule has 0 spiro atoms. The Morgan fingerprint density at radius 3 is 2.65 bits per heavy atom. The third-order valence-electron chi connectivity index (χ3n) is 3.21. The van der Waals surface area contributed by atoms with Crippen molar-refractivity contribution < 1.29 is 9.90 Å². The van der Waals surface area contributed by atoms with Crippen LogP contribution in [0.3, 0.4) is 0 Å². The second kappa shape index (κ2) is 7.27. The van der Waals surface area contributed by atoms with E-state index in [1.165, 1.54) is 19.3 Å². The van der Waals surface area contributed by atoms with Crippen molar-refractivity contribution >= 4 is 17.7 Å². The molecule has 3 nitrogen and oxygen atoms in total. The second-order valence-corrected chi connectivity index (χ2v) is 6.35. The summed E-state index contributed by atoms with van der Waals surface area (Å²) in [6.07, 6.45) is 6.76. The minimum absolute atomic E-state index is 0.446. The first kappa shape index (κ1) is 14.8. The van der Waals surface area contributed by atoms with Crippen LogP contribution in [0.1, 0.15) is 52.4 Å². The van der Waals surface area contributed by atoms with E-state index in [1.54, 1.807) is 0 Å². The highest BCUT2D eigenvalue weighted by molar-refractivity contribution is 7.99. The molecule has 1 saturated carbocycles. The van der Waals surface area contributed by atoms with Crippen molar-refractivity contribution in [2.45, 2.75) is 64.0 Å². The van der Waals surface area contributed by atoms with E-state index in [4.69, 9.17) is 0 Å². The molecular weight excluding hydrogens is 234 g/mol. The predicted octanol–water partition coefficient (Wildman–Crippen LogP) is 2.90. The SMILES string of the molecule is CCCCCSCCC(C)(NC1CC1)C(=O)O. The molecule has 0 aliphatic heterocycles. The van der Waals surface area contributed by atoms with Crippen LogP contribution in [-0.2, 0) is 4.79 Å². The van der Waals surface area contributed by atoms with Crippen LogP contribution in [0.25, 0.3) is 0 Å². The van der Waals surface area contributed by atoms with E-state index in [2.05, 4.69) is 12.2 Å². The summed E-state index contributed by atoms with van der Waals surface area (Å²) >= 11 is 1.88. The van der Waals surface area contributed by atoms with Gasteiger partial charge in [0.25, 0.3) is 0 Å². The molecule has 1 unspecified atom stereocenters. The maximum atomic E-state index is 11.3. The molecule has 0 radical (unpaired) electrons. The Bertz CT molecular complexity index is 244. The van der Waals surface area contributed by atoms with Crippen molar-refractivity contribution in [3.63, 3.8) is 0 Å². The molecule has 0 aromatic carbocycles. The number of hydrogen-bond donors (Lipinski definition) is 2. The summed E-state index contributed by atoms with van der Waals surface area (Å²) in [4.78, 5) is 11.3. The zero-order chi connectivity index (χ0) is 12.7. The first-order valence-corrected chi connectivity index (χ1v) is 7.83. The lowest BCUT2D eigenvalue weighted by Crippen LogP contribution is -2.51.